The summed E-state index contributed by atoms with van der Waals surface area (Å²) in [7, 11) is 0. The highest BCUT2D eigenvalue weighted by molar-refractivity contribution is 5.45. The summed E-state index contributed by atoms with van der Waals surface area (Å²) in [5.74, 6) is 2.53. The first kappa shape index (κ1) is 26.3. The van der Waals surface area contributed by atoms with Gasteiger partial charge in [-0.1, -0.05) is 30.3 Å². The number of nitrogens with zero attached hydrogens (tertiary/aromatic N) is 1. The molecular weight excluding hydrogens is 490 g/mol. The fourth-order valence-electron chi connectivity index (χ4n) is 7.32. The molecule has 2 aliphatic carbocycles. The quantitative estimate of drug-likeness (QED) is 0.346. The third-order valence-corrected chi connectivity index (χ3v) is 9.25. The van der Waals surface area contributed by atoms with E-state index in [1.54, 1.807) is 0 Å². The van der Waals surface area contributed by atoms with Crippen LogP contribution in [0.5, 0.6) is 0 Å². The minimum atomic E-state index is -0.170. The Hall–Kier alpha value is -2.96. The number of nitrogens with one attached hydrogen (secondary N) is 3. The summed E-state index contributed by atoms with van der Waals surface area (Å²) in [6, 6.07) is 25.3. The fourth-order valence-corrected chi connectivity index (χ4v) is 7.32. The van der Waals surface area contributed by atoms with E-state index in [4.69, 9.17) is 0 Å². The summed E-state index contributed by atoms with van der Waals surface area (Å²) < 4.78 is 25.8. The molecule has 4 bridgehead atoms. The van der Waals surface area contributed by atoms with Crippen molar-refractivity contribution < 1.29 is 8.78 Å². The SMILES string of the molecule is Fc1ccc(NC2[C@@H]3CC[C@H]2CN(Cc2ccccc2)C3)cc1.Fc1ccc(NC2[C@@H]3CC[C@H]2CNC3)cc1. The summed E-state index contributed by atoms with van der Waals surface area (Å²) in [5, 5.41) is 10.7. The van der Waals surface area contributed by atoms with Crippen LogP contribution in [0.3, 0.4) is 0 Å². The van der Waals surface area contributed by atoms with E-state index in [0.717, 1.165) is 55.9 Å². The molecule has 2 heterocycles. The second-order valence-corrected chi connectivity index (χ2v) is 11.9. The van der Waals surface area contributed by atoms with Crippen molar-refractivity contribution in [2.45, 2.75) is 44.3 Å². The zero-order valence-corrected chi connectivity index (χ0v) is 22.5. The van der Waals surface area contributed by atoms with Gasteiger partial charge >= 0.3 is 0 Å². The first-order valence-corrected chi connectivity index (χ1v) is 14.6. The van der Waals surface area contributed by atoms with Gasteiger partial charge in [-0.25, -0.2) is 8.78 Å². The zero-order valence-electron chi connectivity index (χ0n) is 22.5. The average molecular weight is 531 g/mol. The van der Waals surface area contributed by atoms with Crippen LogP contribution < -0.4 is 16.0 Å². The molecule has 4 aliphatic rings. The largest absolute Gasteiger partial charge is 0.382 e. The molecule has 6 heteroatoms. The predicted molar refractivity (Wildman–Crippen MR) is 155 cm³/mol. The van der Waals surface area contributed by atoms with E-state index >= 15 is 0 Å². The number of hydrogen-bond acceptors (Lipinski definition) is 4. The Bertz CT molecular complexity index is 1160. The van der Waals surface area contributed by atoms with E-state index in [2.05, 4.69) is 51.2 Å². The lowest BCUT2D eigenvalue weighted by molar-refractivity contribution is 0.148. The molecule has 3 aromatic carbocycles. The summed E-state index contributed by atoms with van der Waals surface area (Å²) >= 11 is 0. The van der Waals surface area contributed by atoms with Crippen molar-refractivity contribution >= 4 is 11.4 Å². The van der Waals surface area contributed by atoms with Gasteiger partial charge in [0.25, 0.3) is 0 Å². The van der Waals surface area contributed by atoms with E-state index in [1.165, 1.54) is 55.5 Å². The lowest BCUT2D eigenvalue weighted by Crippen LogP contribution is -2.47. The molecule has 2 saturated carbocycles. The molecule has 0 aromatic heterocycles. The molecule has 2 unspecified atom stereocenters. The Balaban J connectivity index is 0.000000151. The van der Waals surface area contributed by atoms with Gasteiger partial charge in [0, 0.05) is 43.1 Å². The number of hydrogen-bond donors (Lipinski definition) is 3. The summed E-state index contributed by atoms with van der Waals surface area (Å²) in [6.07, 6.45) is 5.23. The molecular formula is C33H40F2N4. The molecule has 2 saturated heterocycles. The molecule has 0 amide bonds. The van der Waals surface area contributed by atoms with Crippen molar-refractivity contribution in [3.05, 3.63) is 96.1 Å². The van der Waals surface area contributed by atoms with E-state index in [9.17, 15) is 8.78 Å². The smallest absolute Gasteiger partial charge is 0.123 e. The second-order valence-electron chi connectivity index (χ2n) is 11.9. The molecule has 0 radical (unpaired) electrons. The molecule has 2 aliphatic heterocycles. The van der Waals surface area contributed by atoms with Gasteiger partial charge in [0.2, 0.25) is 0 Å². The van der Waals surface area contributed by atoms with Crippen molar-refractivity contribution in [1.29, 1.82) is 0 Å². The number of anilines is 2. The Morgan fingerprint density at radius 2 is 1.08 bits per heavy atom. The molecule has 7 rings (SSSR count). The lowest BCUT2D eigenvalue weighted by atomic mass is 9.91. The molecule has 4 fully saturated rings. The highest BCUT2D eigenvalue weighted by Crippen LogP contribution is 2.39. The van der Waals surface area contributed by atoms with Gasteiger partial charge in [-0.2, -0.15) is 0 Å². The number of rotatable bonds is 6. The highest BCUT2D eigenvalue weighted by atomic mass is 19.1. The van der Waals surface area contributed by atoms with Crippen molar-refractivity contribution in [3.8, 4) is 0 Å². The Labute approximate surface area is 231 Å². The van der Waals surface area contributed by atoms with Crippen LogP contribution in [-0.4, -0.2) is 43.2 Å². The lowest BCUT2D eigenvalue weighted by Gasteiger charge is -2.39. The molecule has 39 heavy (non-hydrogen) atoms. The van der Waals surface area contributed by atoms with Crippen LogP contribution in [-0.2, 0) is 6.54 Å². The molecule has 0 spiro atoms. The normalized spacial score (nSPS) is 29.4. The molecule has 3 aromatic rings. The summed E-state index contributed by atoms with van der Waals surface area (Å²) in [6.45, 7) is 5.61. The maximum atomic E-state index is 13.1. The Kier molecular flexibility index (Phi) is 8.12. The standard InChI is InChI=1S/C20H23FN2.C13H17FN2/c21-18-8-10-19(11-9-18)22-20-16-6-7-17(20)14-23(13-16)12-15-4-2-1-3-5-15;14-11-3-5-12(6-4-11)16-13-9-1-2-10(13)8-15-7-9/h1-5,8-11,16-17,20,22H,6-7,12-14H2;3-6,9-10,13,15-16H,1-2,7-8H2/t16-,17+,20?;9-,10+,13?. The van der Waals surface area contributed by atoms with Gasteiger partial charge in [-0.15, -0.1) is 0 Å². The van der Waals surface area contributed by atoms with Crippen LogP contribution >= 0.6 is 0 Å². The van der Waals surface area contributed by atoms with Gasteiger partial charge in [0.1, 0.15) is 11.6 Å². The van der Waals surface area contributed by atoms with E-state index in [-0.39, 0.29) is 11.6 Å². The number of likely N-dealkylation sites (tertiary alicyclic amines) is 1. The predicted octanol–water partition coefficient (Wildman–Crippen LogP) is 6.38. The maximum Gasteiger partial charge on any atom is 0.123 e. The van der Waals surface area contributed by atoms with E-state index in [1.807, 2.05) is 24.3 Å². The first-order valence-electron chi connectivity index (χ1n) is 14.6. The van der Waals surface area contributed by atoms with Crippen molar-refractivity contribution in [1.82, 2.24) is 10.2 Å². The summed E-state index contributed by atoms with van der Waals surface area (Å²) in [5.41, 5.74) is 3.49. The van der Waals surface area contributed by atoms with Crippen molar-refractivity contribution in [2.75, 3.05) is 36.8 Å². The third-order valence-electron chi connectivity index (χ3n) is 9.25. The van der Waals surface area contributed by atoms with Crippen LogP contribution in [0.4, 0.5) is 20.2 Å². The van der Waals surface area contributed by atoms with Crippen LogP contribution in [0.2, 0.25) is 0 Å². The van der Waals surface area contributed by atoms with Crippen LogP contribution in [0.15, 0.2) is 78.9 Å². The summed E-state index contributed by atoms with van der Waals surface area (Å²) in [4.78, 5) is 2.60. The molecule has 206 valence electrons. The molecule has 6 atom stereocenters. The zero-order chi connectivity index (χ0) is 26.6. The van der Waals surface area contributed by atoms with Gasteiger partial charge in [-0.05, 0) is 117 Å². The van der Waals surface area contributed by atoms with Gasteiger partial charge in [0.15, 0.2) is 0 Å². The van der Waals surface area contributed by atoms with Crippen LogP contribution in [0, 0.1) is 35.3 Å². The topological polar surface area (TPSA) is 39.3 Å². The minimum absolute atomic E-state index is 0.168. The third kappa shape index (κ3) is 6.44. The van der Waals surface area contributed by atoms with Gasteiger partial charge < -0.3 is 16.0 Å². The van der Waals surface area contributed by atoms with E-state index in [0.29, 0.717) is 23.9 Å². The Morgan fingerprint density at radius 3 is 1.59 bits per heavy atom. The van der Waals surface area contributed by atoms with Crippen molar-refractivity contribution in [2.24, 2.45) is 23.7 Å². The van der Waals surface area contributed by atoms with Gasteiger partial charge in [-0.3, -0.25) is 4.90 Å². The van der Waals surface area contributed by atoms with Crippen molar-refractivity contribution in [3.63, 3.8) is 0 Å². The molecule has 4 nitrogen and oxygen atoms in total. The number of piperidine rings is 2. The molecule has 3 N–H and O–H groups in total. The first-order chi connectivity index (χ1) is 19.1. The maximum absolute atomic E-state index is 13.1. The number of halogens is 2. The van der Waals surface area contributed by atoms with Gasteiger partial charge in [0.05, 0.1) is 0 Å². The second kappa shape index (κ2) is 12.1. The van der Waals surface area contributed by atoms with Crippen LogP contribution in [0.25, 0.3) is 0 Å². The highest BCUT2D eigenvalue weighted by Gasteiger charge is 2.42. The van der Waals surface area contributed by atoms with E-state index < -0.39 is 0 Å². The monoisotopic (exact) mass is 530 g/mol. The number of fused-ring (bicyclic) bond motifs is 4. The minimum Gasteiger partial charge on any atom is -0.382 e. The van der Waals surface area contributed by atoms with Crippen LogP contribution in [0.1, 0.15) is 31.2 Å². The fraction of sp³-hybridized carbons (Fsp3) is 0.455. The Morgan fingerprint density at radius 1 is 0.615 bits per heavy atom. The number of benzene rings is 3. The average Bonchev–Trinajstić information content (AvgIpc) is 3.30.